The van der Waals surface area contributed by atoms with E-state index in [0.717, 1.165) is 6.42 Å². The van der Waals surface area contributed by atoms with Crippen molar-refractivity contribution >= 4 is 0 Å². The largest absolute Gasteiger partial charge is 0.328 e. The summed E-state index contributed by atoms with van der Waals surface area (Å²) in [5.74, 6) is 0. The molecule has 2 rings (SSSR count). The summed E-state index contributed by atoms with van der Waals surface area (Å²) in [5, 5.41) is 0. The second-order valence-corrected chi connectivity index (χ2v) is 2.96. The number of fused-ring (bicyclic) bond motifs is 1. The summed E-state index contributed by atoms with van der Waals surface area (Å²) in [4.78, 5) is 0. The molecule has 1 atom stereocenters. The molecule has 1 heteroatoms. The first-order valence-electron chi connectivity index (χ1n) is 4.10. The van der Waals surface area contributed by atoms with Crippen LogP contribution in [0.3, 0.4) is 0 Å². The Morgan fingerprint density at radius 3 is 1.45 bits per heavy atom. The van der Waals surface area contributed by atoms with Crippen molar-refractivity contribution in [2.45, 2.75) is 26.3 Å². The molecule has 0 spiro atoms. The number of rotatable bonds is 1. The Kier molecular flexibility index (Phi) is 2.66. The van der Waals surface area contributed by atoms with E-state index in [2.05, 4.69) is 31.2 Å². The summed E-state index contributed by atoms with van der Waals surface area (Å²) in [6.45, 7) is 4.07. The molecule has 11 heavy (non-hydrogen) atoms. The third-order valence-electron chi connectivity index (χ3n) is 1.86. The van der Waals surface area contributed by atoms with Crippen molar-refractivity contribution in [3.63, 3.8) is 0 Å². The molecule has 0 aliphatic heterocycles. The van der Waals surface area contributed by atoms with E-state index >= 15 is 0 Å². The van der Waals surface area contributed by atoms with Crippen molar-refractivity contribution < 1.29 is 0 Å². The molecular formula is C10H15N. The zero-order valence-electron chi connectivity index (χ0n) is 7.17. The number of nitrogens with two attached hydrogens (primary N) is 1. The molecule has 0 radical (unpaired) electrons. The maximum absolute atomic E-state index is 5.29. The zero-order chi connectivity index (χ0) is 8.27. The van der Waals surface area contributed by atoms with Gasteiger partial charge in [-0.15, -0.1) is 0 Å². The van der Waals surface area contributed by atoms with Crippen LogP contribution in [0, 0.1) is 0 Å². The van der Waals surface area contributed by atoms with Gasteiger partial charge in [0.2, 0.25) is 0 Å². The van der Waals surface area contributed by atoms with Gasteiger partial charge < -0.3 is 5.73 Å². The summed E-state index contributed by atoms with van der Waals surface area (Å²) < 4.78 is 0. The van der Waals surface area contributed by atoms with Crippen LogP contribution in [0.15, 0.2) is 24.3 Å². The van der Waals surface area contributed by atoms with Crippen molar-refractivity contribution in [2.75, 3.05) is 0 Å². The second kappa shape index (κ2) is 3.54. The second-order valence-electron chi connectivity index (χ2n) is 2.96. The standard InChI is InChI=1S/C6H4.C4H11N/c1-2-6-4-3-5(1)6;1-3-4(2)5/h1-4H;4H,3,5H2,1-2H3. The molecule has 0 aromatic carbocycles. The zero-order valence-corrected chi connectivity index (χ0v) is 7.17. The van der Waals surface area contributed by atoms with Gasteiger partial charge in [0, 0.05) is 6.04 Å². The lowest BCUT2D eigenvalue weighted by Gasteiger charge is -2.10. The van der Waals surface area contributed by atoms with Gasteiger partial charge in [-0.1, -0.05) is 31.2 Å². The van der Waals surface area contributed by atoms with Gasteiger partial charge in [-0.2, -0.15) is 0 Å². The maximum Gasteiger partial charge on any atom is 0.000781 e. The van der Waals surface area contributed by atoms with Gasteiger partial charge in [-0.05, 0) is 24.5 Å². The molecule has 0 fully saturated rings. The summed E-state index contributed by atoms with van der Waals surface area (Å²) in [5.41, 5.74) is 8.14. The molecule has 0 aromatic heterocycles. The Bertz CT molecular complexity index is 190. The molecule has 60 valence electrons. The first-order chi connectivity index (χ1) is 5.24. The summed E-state index contributed by atoms with van der Waals surface area (Å²) in [6.07, 6.45) is 1.08. The van der Waals surface area contributed by atoms with Gasteiger partial charge in [0.1, 0.15) is 0 Å². The quantitative estimate of drug-likeness (QED) is 0.662. The van der Waals surface area contributed by atoms with E-state index in [1.165, 1.54) is 11.1 Å². The predicted octanol–water partition coefficient (Wildman–Crippen LogP) is 2.41. The Morgan fingerprint density at radius 1 is 1.18 bits per heavy atom. The van der Waals surface area contributed by atoms with Crippen molar-refractivity contribution in [3.8, 4) is 11.1 Å². The summed E-state index contributed by atoms with van der Waals surface area (Å²) in [7, 11) is 0. The highest BCUT2D eigenvalue weighted by atomic mass is 14.6. The first-order valence-corrected chi connectivity index (χ1v) is 4.10. The van der Waals surface area contributed by atoms with Crippen LogP contribution in [0.1, 0.15) is 20.3 Å². The Balaban J connectivity index is 0.000000114. The van der Waals surface area contributed by atoms with E-state index < -0.39 is 0 Å². The minimum atomic E-state index is 0.384. The third-order valence-corrected chi connectivity index (χ3v) is 1.86. The smallest absolute Gasteiger partial charge is 0.000781 e. The van der Waals surface area contributed by atoms with Gasteiger partial charge in [-0.3, -0.25) is 0 Å². The molecule has 0 amide bonds. The summed E-state index contributed by atoms with van der Waals surface area (Å²) >= 11 is 0. The monoisotopic (exact) mass is 149 g/mol. The summed E-state index contributed by atoms with van der Waals surface area (Å²) in [6, 6.07) is 8.87. The maximum atomic E-state index is 5.29. The van der Waals surface area contributed by atoms with Crippen LogP contribution in [-0.4, -0.2) is 6.04 Å². The van der Waals surface area contributed by atoms with Gasteiger partial charge in [-0.25, -0.2) is 0 Å². The molecule has 2 N–H and O–H groups in total. The topological polar surface area (TPSA) is 26.0 Å². The molecule has 0 saturated carbocycles. The van der Waals surface area contributed by atoms with Gasteiger partial charge in [0.25, 0.3) is 0 Å². The molecule has 1 unspecified atom stereocenters. The molecule has 1 nitrogen and oxygen atoms in total. The SMILES string of the molecule is CCC(C)N.c1cc2ccc1-2. The fraction of sp³-hybridized carbons (Fsp3) is 0.400. The average molecular weight is 149 g/mol. The van der Waals surface area contributed by atoms with E-state index in [1.54, 1.807) is 0 Å². The van der Waals surface area contributed by atoms with Crippen molar-refractivity contribution in [1.82, 2.24) is 0 Å². The number of hydrogen-bond donors (Lipinski definition) is 1. The minimum absolute atomic E-state index is 0.384. The van der Waals surface area contributed by atoms with Crippen molar-refractivity contribution in [3.05, 3.63) is 24.3 Å². The van der Waals surface area contributed by atoms with E-state index in [1.807, 2.05) is 6.92 Å². The first kappa shape index (κ1) is 8.28. The Hall–Kier alpha value is -0.820. The van der Waals surface area contributed by atoms with Crippen LogP contribution in [0.2, 0.25) is 0 Å². The molecule has 2 aliphatic carbocycles. The van der Waals surface area contributed by atoms with Crippen LogP contribution < -0.4 is 5.73 Å². The van der Waals surface area contributed by atoms with Crippen LogP contribution in [0.5, 0.6) is 0 Å². The number of benzene rings is 1. The average Bonchev–Trinajstić information content (AvgIpc) is 1.98. The Morgan fingerprint density at radius 2 is 1.45 bits per heavy atom. The molecule has 2 aliphatic rings. The highest BCUT2D eigenvalue weighted by Crippen LogP contribution is 2.29. The van der Waals surface area contributed by atoms with Crippen LogP contribution in [0.25, 0.3) is 11.1 Å². The molecule has 0 bridgehead atoms. The lowest BCUT2D eigenvalue weighted by molar-refractivity contribution is 0.715. The lowest BCUT2D eigenvalue weighted by atomic mass is 9.95. The fourth-order valence-corrected chi connectivity index (χ4v) is 0.663. The number of hydrogen-bond acceptors (Lipinski definition) is 1. The van der Waals surface area contributed by atoms with Crippen LogP contribution >= 0.6 is 0 Å². The van der Waals surface area contributed by atoms with Crippen LogP contribution in [-0.2, 0) is 0 Å². The van der Waals surface area contributed by atoms with Gasteiger partial charge in [0.15, 0.2) is 0 Å². The van der Waals surface area contributed by atoms with Crippen LogP contribution in [0.4, 0.5) is 0 Å². The third kappa shape index (κ3) is 2.05. The highest BCUT2D eigenvalue weighted by molar-refractivity contribution is 5.75. The van der Waals surface area contributed by atoms with Crippen molar-refractivity contribution in [2.24, 2.45) is 5.73 Å². The normalized spacial score (nSPS) is 13.0. The molecule has 0 aromatic rings. The fourth-order valence-electron chi connectivity index (χ4n) is 0.663. The minimum Gasteiger partial charge on any atom is -0.328 e. The van der Waals surface area contributed by atoms with E-state index in [9.17, 15) is 0 Å². The van der Waals surface area contributed by atoms with E-state index in [-0.39, 0.29) is 0 Å². The lowest BCUT2D eigenvalue weighted by Crippen LogP contribution is -2.11. The molecule has 0 heterocycles. The van der Waals surface area contributed by atoms with Gasteiger partial charge >= 0.3 is 0 Å². The van der Waals surface area contributed by atoms with E-state index in [0.29, 0.717) is 6.04 Å². The predicted molar refractivity (Wildman–Crippen MR) is 49.4 cm³/mol. The van der Waals surface area contributed by atoms with E-state index in [4.69, 9.17) is 5.73 Å². The Labute approximate surface area is 68.2 Å². The van der Waals surface area contributed by atoms with Crippen molar-refractivity contribution in [1.29, 1.82) is 0 Å². The van der Waals surface area contributed by atoms with Gasteiger partial charge in [0.05, 0.1) is 0 Å². The highest BCUT2D eigenvalue weighted by Gasteiger charge is 2.03. The molecular weight excluding hydrogens is 134 g/mol. The molecule has 0 saturated heterocycles.